The highest BCUT2D eigenvalue weighted by molar-refractivity contribution is 4.46. The van der Waals surface area contributed by atoms with Gasteiger partial charge in [0.25, 0.3) is 0 Å². The van der Waals surface area contributed by atoms with Crippen molar-refractivity contribution in [1.82, 2.24) is 0 Å². The summed E-state index contributed by atoms with van der Waals surface area (Å²) in [4.78, 5) is 0. The molecule has 0 fully saturated rings. The van der Waals surface area contributed by atoms with Crippen LogP contribution >= 0.6 is 0 Å². The summed E-state index contributed by atoms with van der Waals surface area (Å²) in [6, 6.07) is 0. The lowest BCUT2D eigenvalue weighted by Gasteiger charge is -2.15. The van der Waals surface area contributed by atoms with Crippen molar-refractivity contribution >= 4 is 0 Å². The fourth-order valence-electron chi connectivity index (χ4n) is 1.05. The normalized spacial score (nSPS) is 13.6. The van der Waals surface area contributed by atoms with E-state index in [0.717, 1.165) is 12.8 Å². The molecule has 0 aliphatic heterocycles. The molecule has 0 saturated heterocycles. The minimum atomic E-state index is -0.433. The Bertz CT molecular complexity index is 104. The molecule has 3 nitrogen and oxygen atoms in total. The van der Waals surface area contributed by atoms with Gasteiger partial charge in [0.05, 0.1) is 6.61 Å². The Hall–Kier alpha value is -0.120. The van der Waals surface area contributed by atoms with Gasteiger partial charge < -0.3 is 14.6 Å². The fourth-order valence-corrected chi connectivity index (χ4v) is 1.05. The van der Waals surface area contributed by atoms with Gasteiger partial charge in [0.15, 0.2) is 6.29 Å². The smallest absolute Gasteiger partial charge is 0.180 e. The van der Waals surface area contributed by atoms with E-state index in [1.807, 2.05) is 6.92 Å². The molecule has 0 aromatic rings. The van der Waals surface area contributed by atoms with E-state index in [4.69, 9.17) is 14.6 Å². The Kier molecular flexibility index (Phi) is 8.40. The minimum Gasteiger partial charge on any atom is -0.391 e. The number of aliphatic hydroxyl groups is 1. The van der Waals surface area contributed by atoms with Crippen LogP contribution in [0.5, 0.6) is 0 Å². The molecule has 0 bridgehead atoms. The van der Waals surface area contributed by atoms with Crippen molar-refractivity contribution in [3.05, 3.63) is 0 Å². The van der Waals surface area contributed by atoms with Crippen molar-refractivity contribution < 1.29 is 14.6 Å². The second-order valence-electron chi connectivity index (χ2n) is 3.47. The van der Waals surface area contributed by atoms with Gasteiger partial charge in [0, 0.05) is 13.2 Å². The summed E-state index contributed by atoms with van der Waals surface area (Å²) in [5.74, 6) is 0.711. The highest BCUT2D eigenvalue weighted by Crippen LogP contribution is 2.04. The third-order valence-corrected chi connectivity index (χ3v) is 1.73. The number of ether oxygens (including phenoxy) is 2. The largest absolute Gasteiger partial charge is 0.391 e. The Morgan fingerprint density at radius 1 is 1.23 bits per heavy atom. The van der Waals surface area contributed by atoms with Crippen LogP contribution in [0.15, 0.2) is 0 Å². The van der Waals surface area contributed by atoms with Gasteiger partial charge in [-0.05, 0) is 25.7 Å². The van der Waals surface area contributed by atoms with E-state index in [-0.39, 0.29) is 6.61 Å². The summed E-state index contributed by atoms with van der Waals surface area (Å²) in [5.41, 5.74) is 0. The molecule has 0 aromatic carbocycles. The molecule has 0 heterocycles. The molecule has 0 saturated carbocycles. The van der Waals surface area contributed by atoms with Gasteiger partial charge in [-0.1, -0.05) is 13.8 Å². The summed E-state index contributed by atoms with van der Waals surface area (Å²) in [6.07, 6.45) is 1.75. The summed E-state index contributed by atoms with van der Waals surface area (Å²) in [5, 5.41) is 8.82. The molecular formula is C10H22O3. The maximum atomic E-state index is 8.82. The molecule has 0 amide bonds. The molecule has 1 N–H and O–H groups in total. The average Bonchev–Trinajstić information content (AvgIpc) is 2.10. The average molecular weight is 190 g/mol. The van der Waals surface area contributed by atoms with Gasteiger partial charge in [0.2, 0.25) is 0 Å². The zero-order valence-electron chi connectivity index (χ0n) is 8.95. The molecular weight excluding hydrogens is 168 g/mol. The maximum Gasteiger partial charge on any atom is 0.180 e. The molecule has 0 aliphatic rings. The lowest BCUT2D eigenvalue weighted by Crippen LogP contribution is -2.22. The SMILES string of the molecule is CCOC(CO)OCCCC(C)C. The van der Waals surface area contributed by atoms with Gasteiger partial charge in [-0.2, -0.15) is 0 Å². The predicted octanol–water partition coefficient (Wildman–Crippen LogP) is 1.79. The van der Waals surface area contributed by atoms with Crippen LogP contribution in [0.2, 0.25) is 0 Å². The van der Waals surface area contributed by atoms with Crippen molar-refractivity contribution in [3.8, 4) is 0 Å². The van der Waals surface area contributed by atoms with Gasteiger partial charge in [-0.15, -0.1) is 0 Å². The first-order valence-electron chi connectivity index (χ1n) is 5.04. The minimum absolute atomic E-state index is 0.0600. The lowest BCUT2D eigenvalue weighted by atomic mass is 10.1. The molecule has 3 heteroatoms. The van der Waals surface area contributed by atoms with Gasteiger partial charge >= 0.3 is 0 Å². The van der Waals surface area contributed by atoms with E-state index in [1.54, 1.807) is 0 Å². The topological polar surface area (TPSA) is 38.7 Å². The summed E-state index contributed by atoms with van der Waals surface area (Å²) < 4.78 is 10.4. The molecule has 0 radical (unpaired) electrons. The maximum absolute atomic E-state index is 8.82. The van der Waals surface area contributed by atoms with Crippen molar-refractivity contribution in [2.24, 2.45) is 5.92 Å². The first kappa shape index (κ1) is 12.9. The van der Waals surface area contributed by atoms with Crippen LogP contribution in [0.25, 0.3) is 0 Å². The fraction of sp³-hybridized carbons (Fsp3) is 1.00. The van der Waals surface area contributed by atoms with Crippen LogP contribution in [-0.4, -0.2) is 31.2 Å². The second-order valence-corrected chi connectivity index (χ2v) is 3.47. The van der Waals surface area contributed by atoms with Gasteiger partial charge in [-0.3, -0.25) is 0 Å². The van der Waals surface area contributed by atoms with E-state index in [9.17, 15) is 0 Å². The van der Waals surface area contributed by atoms with E-state index in [2.05, 4.69) is 13.8 Å². The van der Waals surface area contributed by atoms with Gasteiger partial charge in [0.1, 0.15) is 0 Å². The van der Waals surface area contributed by atoms with Crippen molar-refractivity contribution in [2.75, 3.05) is 19.8 Å². The summed E-state index contributed by atoms with van der Waals surface area (Å²) in [7, 11) is 0. The van der Waals surface area contributed by atoms with Crippen molar-refractivity contribution in [2.45, 2.75) is 39.9 Å². The second kappa shape index (κ2) is 8.48. The van der Waals surface area contributed by atoms with E-state index >= 15 is 0 Å². The highest BCUT2D eigenvalue weighted by Gasteiger charge is 2.05. The summed E-state index contributed by atoms with van der Waals surface area (Å²) in [6.45, 7) is 7.45. The molecule has 1 unspecified atom stereocenters. The van der Waals surface area contributed by atoms with E-state index in [1.165, 1.54) is 0 Å². The molecule has 0 aromatic heterocycles. The van der Waals surface area contributed by atoms with E-state index in [0.29, 0.717) is 19.1 Å². The van der Waals surface area contributed by atoms with Crippen LogP contribution in [0.4, 0.5) is 0 Å². The van der Waals surface area contributed by atoms with Crippen molar-refractivity contribution in [1.29, 1.82) is 0 Å². The van der Waals surface area contributed by atoms with Gasteiger partial charge in [-0.25, -0.2) is 0 Å². The predicted molar refractivity (Wildman–Crippen MR) is 52.5 cm³/mol. The van der Waals surface area contributed by atoms with Crippen molar-refractivity contribution in [3.63, 3.8) is 0 Å². The standard InChI is InChI=1S/C10H22O3/c1-4-12-10(8-11)13-7-5-6-9(2)3/h9-11H,4-8H2,1-3H3. The van der Waals surface area contributed by atoms with Crippen LogP contribution in [0.1, 0.15) is 33.6 Å². The number of aliphatic hydroxyl groups excluding tert-OH is 1. The molecule has 0 rings (SSSR count). The number of rotatable bonds is 8. The zero-order chi connectivity index (χ0) is 10.1. The van der Waals surface area contributed by atoms with Crippen LogP contribution < -0.4 is 0 Å². The first-order valence-corrected chi connectivity index (χ1v) is 5.04. The highest BCUT2D eigenvalue weighted by atomic mass is 16.7. The molecule has 0 spiro atoms. The number of hydrogen-bond donors (Lipinski definition) is 1. The third kappa shape index (κ3) is 8.22. The van der Waals surface area contributed by atoms with E-state index < -0.39 is 6.29 Å². The molecule has 13 heavy (non-hydrogen) atoms. The lowest BCUT2D eigenvalue weighted by molar-refractivity contribution is -0.160. The third-order valence-electron chi connectivity index (χ3n) is 1.73. The van der Waals surface area contributed by atoms with Crippen LogP contribution in [0, 0.1) is 5.92 Å². The zero-order valence-corrected chi connectivity index (χ0v) is 8.95. The summed E-state index contributed by atoms with van der Waals surface area (Å²) >= 11 is 0. The van der Waals surface area contributed by atoms with Crippen LogP contribution in [0.3, 0.4) is 0 Å². The van der Waals surface area contributed by atoms with Crippen LogP contribution in [-0.2, 0) is 9.47 Å². The quantitative estimate of drug-likeness (QED) is 0.468. The Morgan fingerprint density at radius 2 is 1.92 bits per heavy atom. The molecule has 0 aliphatic carbocycles. The molecule has 1 atom stereocenters. The molecule has 80 valence electrons. The monoisotopic (exact) mass is 190 g/mol. The Balaban J connectivity index is 3.27. The first-order chi connectivity index (χ1) is 6.20. The number of hydrogen-bond acceptors (Lipinski definition) is 3. The Morgan fingerprint density at radius 3 is 2.38 bits per heavy atom. The Labute approximate surface area is 81.0 Å².